The number of sulfonamides is 1. The summed E-state index contributed by atoms with van der Waals surface area (Å²) in [5.41, 5.74) is 1.01. The maximum Gasteiger partial charge on any atom is 0.224 e. The zero-order valence-corrected chi connectivity index (χ0v) is 15.7. The summed E-state index contributed by atoms with van der Waals surface area (Å²) in [4.78, 5) is 37.1. The molecule has 0 bridgehead atoms. The first-order valence-electron chi connectivity index (χ1n) is 8.30. The van der Waals surface area contributed by atoms with Crippen molar-refractivity contribution in [2.45, 2.75) is 19.8 Å². The zero-order chi connectivity index (χ0) is 19.3. The maximum atomic E-state index is 12.2. The molecule has 0 radical (unpaired) electrons. The van der Waals surface area contributed by atoms with Gasteiger partial charge in [-0.2, -0.15) is 4.31 Å². The Kier molecular flexibility index (Phi) is 6.49. The lowest BCUT2D eigenvalue weighted by atomic mass is 10.1. The number of benzene rings is 1. The summed E-state index contributed by atoms with van der Waals surface area (Å²) in [6, 6.07) is 6.61. The molecule has 0 unspecified atom stereocenters. The van der Waals surface area contributed by atoms with Gasteiger partial charge < -0.3 is 10.2 Å². The van der Waals surface area contributed by atoms with Crippen molar-refractivity contribution in [1.82, 2.24) is 9.21 Å². The highest BCUT2D eigenvalue weighted by Crippen LogP contribution is 2.13. The molecule has 1 saturated heterocycles. The van der Waals surface area contributed by atoms with Crippen molar-refractivity contribution < 1.29 is 22.8 Å². The topological polar surface area (TPSA) is 104 Å². The van der Waals surface area contributed by atoms with E-state index in [1.165, 1.54) is 11.2 Å². The van der Waals surface area contributed by atoms with Gasteiger partial charge in [0.1, 0.15) is 0 Å². The van der Waals surface area contributed by atoms with Crippen molar-refractivity contribution in [1.29, 1.82) is 0 Å². The van der Waals surface area contributed by atoms with Gasteiger partial charge in [-0.05, 0) is 19.1 Å². The number of anilines is 1. The van der Waals surface area contributed by atoms with Crippen LogP contribution in [0.25, 0.3) is 0 Å². The van der Waals surface area contributed by atoms with E-state index in [9.17, 15) is 22.8 Å². The molecule has 0 spiro atoms. The number of hydrogen-bond acceptors (Lipinski definition) is 5. The second-order valence-electron chi connectivity index (χ2n) is 6.23. The number of nitrogens with one attached hydrogen (secondary N) is 1. The number of Topliss-reactive ketones (excluding diaryl/α,β-unsaturated/α-hetero) is 1. The number of amides is 2. The third kappa shape index (κ3) is 5.63. The van der Waals surface area contributed by atoms with Gasteiger partial charge in [-0.3, -0.25) is 14.4 Å². The van der Waals surface area contributed by atoms with E-state index in [1.807, 2.05) is 0 Å². The van der Waals surface area contributed by atoms with Crippen molar-refractivity contribution in [2.24, 2.45) is 0 Å². The Balaban J connectivity index is 1.80. The molecule has 1 fully saturated rings. The van der Waals surface area contributed by atoms with E-state index in [0.29, 0.717) is 24.3 Å². The van der Waals surface area contributed by atoms with Gasteiger partial charge in [0.05, 0.1) is 6.26 Å². The lowest BCUT2D eigenvalue weighted by Crippen LogP contribution is -2.50. The molecular formula is C17H23N3O5S. The Bertz CT molecular complexity index is 798. The Morgan fingerprint density at radius 3 is 2.31 bits per heavy atom. The number of nitrogens with zero attached hydrogens (tertiary/aromatic N) is 2. The van der Waals surface area contributed by atoms with Gasteiger partial charge in [-0.15, -0.1) is 0 Å². The second-order valence-corrected chi connectivity index (χ2v) is 8.21. The van der Waals surface area contributed by atoms with E-state index < -0.39 is 10.0 Å². The number of hydrogen-bond donors (Lipinski definition) is 1. The minimum Gasteiger partial charge on any atom is -0.340 e. The Morgan fingerprint density at radius 1 is 1.08 bits per heavy atom. The normalized spacial score (nSPS) is 15.5. The molecule has 1 aliphatic rings. The maximum absolute atomic E-state index is 12.2. The van der Waals surface area contributed by atoms with E-state index in [-0.39, 0.29) is 43.5 Å². The molecule has 0 atom stereocenters. The van der Waals surface area contributed by atoms with Gasteiger partial charge in [0.15, 0.2) is 5.78 Å². The third-order valence-corrected chi connectivity index (χ3v) is 5.48. The van der Waals surface area contributed by atoms with E-state index in [0.717, 1.165) is 6.26 Å². The van der Waals surface area contributed by atoms with Crippen molar-refractivity contribution in [3.05, 3.63) is 29.8 Å². The predicted octanol–water partition coefficient (Wildman–Crippen LogP) is 0.712. The standard InChI is InChI=1S/C17H23N3O5S/c1-13(21)14-4-3-5-15(12-14)18-16(22)6-7-17(23)19-8-10-20(11-9-19)26(2,24)25/h3-5,12H,6-11H2,1-2H3,(H,18,22). The highest BCUT2D eigenvalue weighted by Gasteiger charge is 2.26. The van der Waals surface area contributed by atoms with Crippen LogP contribution >= 0.6 is 0 Å². The van der Waals surface area contributed by atoms with Crippen LogP contribution in [0.3, 0.4) is 0 Å². The number of carbonyl (C=O) groups is 3. The van der Waals surface area contributed by atoms with Crippen LogP contribution in [0, 0.1) is 0 Å². The fraction of sp³-hybridized carbons (Fsp3) is 0.471. The monoisotopic (exact) mass is 381 g/mol. The second kappa shape index (κ2) is 8.41. The van der Waals surface area contributed by atoms with Crippen molar-refractivity contribution in [3.63, 3.8) is 0 Å². The quantitative estimate of drug-likeness (QED) is 0.731. The molecule has 1 aliphatic heterocycles. The van der Waals surface area contributed by atoms with Gasteiger partial charge in [0.2, 0.25) is 21.8 Å². The van der Waals surface area contributed by atoms with E-state index in [1.54, 1.807) is 29.2 Å². The first kappa shape index (κ1) is 20.1. The van der Waals surface area contributed by atoms with Crippen molar-refractivity contribution >= 4 is 33.3 Å². The van der Waals surface area contributed by atoms with Gasteiger partial charge in [-0.1, -0.05) is 12.1 Å². The van der Waals surface area contributed by atoms with Gasteiger partial charge in [0, 0.05) is 50.3 Å². The van der Waals surface area contributed by atoms with Crippen LogP contribution in [0.5, 0.6) is 0 Å². The van der Waals surface area contributed by atoms with E-state index >= 15 is 0 Å². The molecule has 9 heteroatoms. The lowest BCUT2D eigenvalue weighted by Gasteiger charge is -2.33. The highest BCUT2D eigenvalue weighted by atomic mass is 32.2. The van der Waals surface area contributed by atoms with E-state index in [4.69, 9.17) is 0 Å². The number of carbonyl (C=O) groups excluding carboxylic acids is 3. The van der Waals surface area contributed by atoms with Crippen LogP contribution in [-0.2, 0) is 19.6 Å². The number of piperazine rings is 1. The molecule has 0 aliphatic carbocycles. The van der Waals surface area contributed by atoms with Crippen LogP contribution in [0.15, 0.2) is 24.3 Å². The zero-order valence-electron chi connectivity index (χ0n) is 14.9. The van der Waals surface area contributed by atoms with E-state index in [2.05, 4.69) is 5.32 Å². The fourth-order valence-corrected chi connectivity index (χ4v) is 3.51. The van der Waals surface area contributed by atoms with Crippen molar-refractivity contribution in [3.8, 4) is 0 Å². The summed E-state index contributed by atoms with van der Waals surface area (Å²) in [5, 5.41) is 2.67. The van der Waals surface area contributed by atoms with Crippen LogP contribution in [0.4, 0.5) is 5.69 Å². The summed E-state index contributed by atoms with van der Waals surface area (Å²) >= 11 is 0. The SMILES string of the molecule is CC(=O)c1cccc(NC(=O)CCC(=O)N2CCN(S(C)(=O)=O)CC2)c1. The Labute approximate surface area is 153 Å². The van der Waals surface area contributed by atoms with Crippen LogP contribution in [0.1, 0.15) is 30.1 Å². The van der Waals surface area contributed by atoms with Crippen LogP contribution in [-0.4, -0.2) is 67.7 Å². The number of ketones is 1. The molecule has 1 heterocycles. The first-order chi connectivity index (χ1) is 12.2. The molecule has 1 aromatic rings. The molecule has 1 N–H and O–H groups in total. The lowest BCUT2D eigenvalue weighted by molar-refractivity contribution is -0.133. The fourth-order valence-electron chi connectivity index (χ4n) is 2.69. The molecular weight excluding hydrogens is 358 g/mol. The summed E-state index contributed by atoms with van der Waals surface area (Å²) in [7, 11) is -3.24. The largest absolute Gasteiger partial charge is 0.340 e. The predicted molar refractivity (Wildman–Crippen MR) is 97.3 cm³/mol. The average Bonchev–Trinajstić information content (AvgIpc) is 2.59. The highest BCUT2D eigenvalue weighted by molar-refractivity contribution is 7.88. The summed E-state index contributed by atoms with van der Waals surface area (Å²) in [6.07, 6.45) is 1.22. The minimum atomic E-state index is -3.24. The molecule has 8 nitrogen and oxygen atoms in total. The summed E-state index contributed by atoms with van der Waals surface area (Å²) in [5.74, 6) is -0.580. The summed E-state index contributed by atoms with van der Waals surface area (Å²) in [6.45, 7) is 2.65. The Hall–Kier alpha value is -2.26. The Morgan fingerprint density at radius 2 is 1.73 bits per heavy atom. The molecule has 142 valence electrons. The average molecular weight is 381 g/mol. The van der Waals surface area contributed by atoms with Gasteiger partial charge >= 0.3 is 0 Å². The smallest absolute Gasteiger partial charge is 0.224 e. The van der Waals surface area contributed by atoms with Crippen molar-refractivity contribution in [2.75, 3.05) is 37.8 Å². The first-order valence-corrected chi connectivity index (χ1v) is 10.2. The molecule has 0 aromatic heterocycles. The third-order valence-electron chi connectivity index (χ3n) is 4.18. The van der Waals surface area contributed by atoms with Gasteiger partial charge in [0.25, 0.3) is 0 Å². The molecule has 0 saturated carbocycles. The number of rotatable bonds is 6. The van der Waals surface area contributed by atoms with Crippen LogP contribution in [0.2, 0.25) is 0 Å². The molecule has 26 heavy (non-hydrogen) atoms. The molecule has 2 rings (SSSR count). The summed E-state index contributed by atoms with van der Waals surface area (Å²) < 4.78 is 24.3. The molecule has 1 aromatic carbocycles. The molecule has 2 amide bonds. The minimum absolute atomic E-state index is 0.0232. The van der Waals surface area contributed by atoms with Crippen LogP contribution < -0.4 is 5.32 Å². The van der Waals surface area contributed by atoms with Gasteiger partial charge in [-0.25, -0.2) is 8.42 Å².